The average Bonchev–Trinajstić information content (AvgIpc) is 2.61. The molecule has 0 radical (unpaired) electrons. The van der Waals surface area contributed by atoms with Crippen molar-refractivity contribution in [3.05, 3.63) is 70.7 Å². The largest absolute Gasteiger partial charge is 0.0929 e. The molecule has 0 aromatic heterocycles. The fourth-order valence-corrected chi connectivity index (χ4v) is 7.66. The van der Waals surface area contributed by atoms with E-state index in [9.17, 15) is 0 Å². The van der Waals surface area contributed by atoms with E-state index in [1.54, 1.807) is 0 Å². The van der Waals surface area contributed by atoms with Crippen molar-refractivity contribution < 1.29 is 0 Å². The van der Waals surface area contributed by atoms with Gasteiger partial charge in [0.1, 0.15) is 0 Å². The predicted molar refractivity (Wildman–Crippen MR) is 105 cm³/mol. The molecule has 0 N–H and O–H groups in total. The molecule has 1 unspecified atom stereocenters. The summed E-state index contributed by atoms with van der Waals surface area (Å²) in [6.07, 6.45) is 0. The highest BCUT2D eigenvalue weighted by Crippen LogP contribution is 2.38. The molecule has 0 aliphatic rings. The van der Waals surface area contributed by atoms with Crippen molar-refractivity contribution in [1.82, 2.24) is 0 Å². The molecule has 2 aromatic rings. The zero-order valence-electron chi connectivity index (χ0n) is 14.3. The lowest BCUT2D eigenvalue weighted by Crippen LogP contribution is -2.39. The van der Waals surface area contributed by atoms with Gasteiger partial charge in [-0.1, -0.05) is 98.7 Å². The molecule has 0 nitrogen and oxygen atoms in total. The lowest BCUT2D eigenvalue weighted by Gasteiger charge is -2.34. The van der Waals surface area contributed by atoms with Crippen LogP contribution in [0.1, 0.15) is 37.4 Å². The van der Waals surface area contributed by atoms with E-state index < -0.39 is 8.07 Å². The Hall–Kier alpha value is -1.49. The van der Waals surface area contributed by atoms with Gasteiger partial charge in [0.15, 0.2) is 0 Å². The first-order valence-corrected chi connectivity index (χ1v) is 11.6. The molecule has 0 aliphatic heterocycles. The molecule has 0 bridgehead atoms. The van der Waals surface area contributed by atoms with Crippen LogP contribution in [0.15, 0.2) is 54.6 Å². The first kappa shape index (κ1) is 17.9. The summed E-state index contributed by atoms with van der Waals surface area (Å²) in [7, 11) is -1.53. The first-order chi connectivity index (χ1) is 11.2. The van der Waals surface area contributed by atoms with Crippen molar-refractivity contribution in [2.75, 3.05) is 0 Å². The number of rotatable bonds is 5. The Labute approximate surface area is 146 Å². The molecule has 0 saturated heterocycles. The minimum atomic E-state index is -1.53. The van der Waals surface area contributed by atoms with Crippen molar-refractivity contribution in [1.29, 1.82) is 0 Å². The van der Waals surface area contributed by atoms with E-state index in [4.69, 9.17) is 11.6 Å². The molecule has 0 fully saturated rings. The quantitative estimate of drug-likeness (QED) is 0.429. The summed E-state index contributed by atoms with van der Waals surface area (Å²) in [5, 5.41) is 0.854. The van der Waals surface area contributed by atoms with Crippen LogP contribution in [-0.2, 0) is 0 Å². The normalized spacial score (nSPS) is 12.3. The smallest absolute Gasteiger partial charge is 0.0752 e. The Morgan fingerprint density at radius 3 is 2.00 bits per heavy atom. The van der Waals surface area contributed by atoms with Crippen molar-refractivity contribution in [2.45, 2.75) is 44.4 Å². The summed E-state index contributed by atoms with van der Waals surface area (Å²) >= 11 is 6.53. The topological polar surface area (TPSA) is 0 Å². The van der Waals surface area contributed by atoms with Crippen molar-refractivity contribution >= 4 is 19.7 Å². The molecule has 0 aliphatic carbocycles. The number of hydrogen-bond acceptors (Lipinski definition) is 0. The van der Waals surface area contributed by atoms with Gasteiger partial charge in [-0.05, 0) is 23.8 Å². The zero-order chi connectivity index (χ0) is 16.7. The molecule has 120 valence electrons. The third-order valence-corrected chi connectivity index (χ3v) is 11.3. The monoisotopic (exact) mass is 340 g/mol. The van der Waals surface area contributed by atoms with Gasteiger partial charge in [0.05, 0.1) is 8.07 Å². The minimum absolute atomic E-state index is 0.288. The molecule has 0 spiro atoms. The summed E-state index contributed by atoms with van der Waals surface area (Å²) in [5.74, 6) is 7.02. The highest BCUT2D eigenvalue weighted by Gasteiger charge is 2.37. The Kier molecular flexibility index (Phi) is 6.51. The third-order valence-electron chi connectivity index (χ3n) is 5.08. The van der Waals surface area contributed by atoms with Crippen molar-refractivity contribution in [3.63, 3.8) is 0 Å². The maximum absolute atomic E-state index is 6.53. The maximum atomic E-state index is 6.53. The molecule has 1 atom stereocenters. The second-order valence-corrected chi connectivity index (χ2v) is 11.8. The van der Waals surface area contributed by atoms with E-state index in [0.29, 0.717) is 0 Å². The number of benzene rings is 2. The Morgan fingerprint density at radius 2 is 1.43 bits per heavy atom. The second-order valence-electron chi connectivity index (χ2n) is 6.01. The first-order valence-electron chi connectivity index (χ1n) is 8.48. The van der Waals surface area contributed by atoms with Crippen LogP contribution in [0, 0.1) is 11.8 Å². The van der Waals surface area contributed by atoms with E-state index in [1.165, 1.54) is 23.7 Å². The van der Waals surface area contributed by atoms with Gasteiger partial charge in [-0.3, -0.25) is 0 Å². The molecule has 0 heterocycles. The molecule has 2 heteroatoms. The summed E-state index contributed by atoms with van der Waals surface area (Å²) < 4.78 is 0. The average molecular weight is 341 g/mol. The lowest BCUT2D eigenvalue weighted by atomic mass is 10.1. The molecular weight excluding hydrogens is 316 g/mol. The van der Waals surface area contributed by atoms with Gasteiger partial charge in [-0.15, -0.1) is 0 Å². The summed E-state index contributed by atoms with van der Waals surface area (Å²) in [5.41, 5.74) is 2.59. The van der Waals surface area contributed by atoms with E-state index in [1.807, 2.05) is 30.3 Å². The van der Waals surface area contributed by atoms with Gasteiger partial charge in [-0.2, -0.15) is 0 Å². The Bertz CT molecular complexity index is 669. The fraction of sp³-hybridized carbons (Fsp3) is 0.333. The van der Waals surface area contributed by atoms with E-state index in [0.717, 1.165) is 10.6 Å². The fourth-order valence-electron chi connectivity index (χ4n) is 3.31. The molecule has 0 saturated carbocycles. The minimum Gasteiger partial charge on any atom is -0.0929 e. The highest BCUT2D eigenvalue weighted by molar-refractivity contribution is 6.81. The van der Waals surface area contributed by atoms with Gasteiger partial charge < -0.3 is 0 Å². The van der Waals surface area contributed by atoms with Crippen LogP contribution in [0.25, 0.3) is 0 Å². The maximum Gasteiger partial charge on any atom is 0.0752 e. The summed E-state index contributed by atoms with van der Waals surface area (Å²) in [6.45, 7) is 6.98. The molecule has 2 aromatic carbocycles. The lowest BCUT2D eigenvalue weighted by molar-refractivity contribution is 1.04. The predicted octanol–water partition coefficient (Wildman–Crippen LogP) is 6.52. The van der Waals surface area contributed by atoms with Crippen molar-refractivity contribution in [3.8, 4) is 11.8 Å². The van der Waals surface area contributed by atoms with Gasteiger partial charge >= 0.3 is 0 Å². The van der Waals surface area contributed by atoms with Gasteiger partial charge in [0, 0.05) is 16.1 Å². The van der Waals surface area contributed by atoms with Crippen LogP contribution in [0.3, 0.4) is 0 Å². The van der Waals surface area contributed by atoms with Crippen LogP contribution in [0.5, 0.6) is 0 Å². The standard InChI is InChI=1S/C21H25ClSi/c1-4-23(5-2,6-3)21(19-14-10-11-15-20(19)22)17-16-18-12-8-7-9-13-18/h7-15,21H,4-6H2,1-3H3. The SMILES string of the molecule is CC[Si](CC)(CC)C(C#Cc1ccccc1)c1ccccc1Cl. The highest BCUT2D eigenvalue weighted by atomic mass is 35.5. The molecule has 0 amide bonds. The van der Waals surface area contributed by atoms with Gasteiger partial charge in [-0.25, -0.2) is 0 Å². The number of hydrogen-bond donors (Lipinski definition) is 0. The zero-order valence-corrected chi connectivity index (χ0v) is 16.0. The molecular formula is C21H25ClSi. The van der Waals surface area contributed by atoms with Crippen LogP contribution < -0.4 is 0 Å². The molecule has 2 rings (SSSR count). The van der Waals surface area contributed by atoms with E-state index >= 15 is 0 Å². The Balaban J connectivity index is 2.53. The van der Waals surface area contributed by atoms with E-state index in [2.05, 4.69) is 56.9 Å². The van der Waals surface area contributed by atoms with Gasteiger partial charge in [0.25, 0.3) is 0 Å². The van der Waals surface area contributed by atoms with E-state index in [-0.39, 0.29) is 5.54 Å². The third kappa shape index (κ3) is 4.08. The van der Waals surface area contributed by atoms with Gasteiger partial charge in [0.2, 0.25) is 0 Å². The molecule has 23 heavy (non-hydrogen) atoms. The summed E-state index contributed by atoms with van der Waals surface area (Å²) in [6, 6.07) is 22.2. The van der Waals surface area contributed by atoms with Crippen LogP contribution >= 0.6 is 11.6 Å². The van der Waals surface area contributed by atoms with Crippen molar-refractivity contribution in [2.24, 2.45) is 0 Å². The second kappa shape index (κ2) is 8.38. The Morgan fingerprint density at radius 1 is 0.870 bits per heavy atom. The van der Waals surface area contributed by atoms with Crippen LogP contribution in [0.2, 0.25) is 23.2 Å². The van der Waals surface area contributed by atoms with Crippen LogP contribution in [0.4, 0.5) is 0 Å². The van der Waals surface area contributed by atoms with Crippen LogP contribution in [-0.4, -0.2) is 8.07 Å². The summed E-state index contributed by atoms with van der Waals surface area (Å²) in [4.78, 5) is 0. The number of halogens is 1.